The topological polar surface area (TPSA) is 73.2 Å². The Kier molecular flexibility index (Phi) is 7.38. The monoisotopic (exact) mass is 435 g/mol. The van der Waals surface area contributed by atoms with Gasteiger partial charge in [0.1, 0.15) is 0 Å². The van der Waals surface area contributed by atoms with Crippen LogP contribution in [0.5, 0.6) is 17.2 Å². The molecule has 1 saturated heterocycles. The molecular formula is C21H29N3O5S. The lowest BCUT2D eigenvalue weighted by atomic mass is 10.1. The molecule has 30 heavy (non-hydrogen) atoms. The molecule has 1 amide bonds. The molecule has 0 aliphatic carbocycles. The van der Waals surface area contributed by atoms with Crippen LogP contribution in [0.25, 0.3) is 0 Å². The molecule has 0 saturated carbocycles. The van der Waals surface area contributed by atoms with Gasteiger partial charge in [0.05, 0.1) is 21.3 Å². The summed E-state index contributed by atoms with van der Waals surface area (Å²) in [5.74, 6) is 1.99. The summed E-state index contributed by atoms with van der Waals surface area (Å²) in [4.78, 5) is 28.6. The summed E-state index contributed by atoms with van der Waals surface area (Å²) in [5.41, 5.74) is 1.92. The fourth-order valence-electron chi connectivity index (χ4n) is 3.72. The fraction of sp³-hybridized carbons (Fsp3) is 0.524. The number of thiazole rings is 1. The van der Waals surface area contributed by atoms with Gasteiger partial charge >= 0.3 is 4.87 Å². The lowest BCUT2D eigenvalue weighted by molar-refractivity contribution is -0.133. The Balaban J connectivity index is 1.56. The molecule has 2 aromatic rings. The van der Waals surface area contributed by atoms with Gasteiger partial charge in [-0.3, -0.25) is 14.5 Å². The molecule has 164 valence electrons. The van der Waals surface area contributed by atoms with E-state index in [9.17, 15) is 9.59 Å². The van der Waals surface area contributed by atoms with Crippen LogP contribution in [-0.4, -0.2) is 67.8 Å². The van der Waals surface area contributed by atoms with E-state index in [4.69, 9.17) is 14.2 Å². The average molecular weight is 436 g/mol. The van der Waals surface area contributed by atoms with Crippen molar-refractivity contribution in [1.29, 1.82) is 0 Å². The maximum atomic E-state index is 12.6. The first kappa shape index (κ1) is 22.2. The number of benzene rings is 1. The normalized spacial score (nSPS) is 14.6. The minimum absolute atomic E-state index is 0.00557. The molecule has 0 spiro atoms. The Morgan fingerprint density at radius 1 is 1.03 bits per heavy atom. The second kappa shape index (κ2) is 9.99. The summed E-state index contributed by atoms with van der Waals surface area (Å²) in [6.07, 6.45) is 0.348. The van der Waals surface area contributed by atoms with Crippen molar-refractivity contribution in [3.05, 3.63) is 38.4 Å². The Morgan fingerprint density at radius 3 is 2.30 bits per heavy atom. The summed E-state index contributed by atoms with van der Waals surface area (Å²) in [5, 5.41) is 1.83. The van der Waals surface area contributed by atoms with Crippen molar-refractivity contribution in [2.24, 2.45) is 0 Å². The first-order valence-electron chi connectivity index (χ1n) is 9.91. The first-order chi connectivity index (χ1) is 14.5. The number of piperazine rings is 1. The van der Waals surface area contributed by atoms with Gasteiger partial charge in [-0.2, -0.15) is 0 Å². The second-order valence-corrected chi connectivity index (χ2v) is 8.02. The number of carbonyl (C=O) groups is 1. The molecule has 0 N–H and O–H groups in total. The van der Waals surface area contributed by atoms with E-state index in [0.717, 1.165) is 24.3 Å². The Hall–Kier alpha value is -2.52. The highest BCUT2D eigenvalue weighted by atomic mass is 32.1. The summed E-state index contributed by atoms with van der Waals surface area (Å²) >= 11 is 1.18. The van der Waals surface area contributed by atoms with Crippen LogP contribution >= 0.6 is 11.3 Å². The Labute approximate surface area is 180 Å². The molecule has 9 heteroatoms. The number of ether oxygens (including phenoxy) is 3. The number of nitrogens with zero attached hydrogens (tertiary/aromatic N) is 3. The third kappa shape index (κ3) is 4.79. The lowest BCUT2D eigenvalue weighted by Gasteiger charge is -2.35. The third-order valence-electron chi connectivity index (χ3n) is 5.43. The Bertz CT molecular complexity index is 931. The largest absolute Gasteiger partial charge is 0.493 e. The van der Waals surface area contributed by atoms with Gasteiger partial charge in [0.15, 0.2) is 11.5 Å². The van der Waals surface area contributed by atoms with Gasteiger partial charge in [0.2, 0.25) is 11.7 Å². The molecule has 2 heterocycles. The van der Waals surface area contributed by atoms with Crippen molar-refractivity contribution in [1.82, 2.24) is 14.4 Å². The van der Waals surface area contributed by atoms with Crippen molar-refractivity contribution in [2.75, 3.05) is 47.5 Å². The molecule has 1 aromatic heterocycles. The molecule has 1 aliphatic heterocycles. The quantitative estimate of drug-likeness (QED) is 0.631. The zero-order valence-corrected chi connectivity index (χ0v) is 18.8. The highest BCUT2D eigenvalue weighted by Gasteiger charge is 2.23. The zero-order chi connectivity index (χ0) is 21.7. The number of rotatable bonds is 8. The van der Waals surface area contributed by atoms with Crippen molar-refractivity contribution in [2.45, 2.75) is 26.4 Å². The van der Waals surface area contributed by atoms with Gasteiger partial charge in [0, 0.05) is 62.3 Å². The fourth-order valence-corrected chi connectivity index (χ4v) is 4.49. The van der Waals surface area contributed by atoms with E-state index in [2.05, 4.69) is 4.90 Å². The predicted molar refractivity (Wildman–Crippen MR) is 116 cm³/mol. The molecular weight excluding hydrogens is 406 g/mol. The molecule has 1 aliphatic rings. The molecule has 1 aromatic carbocycles. The smallest absolute Gasteiger partial charge is 0.307 e. The van der Waals surface area contributed by atoms with Crippen molar-refractivity contribution < 1.29 is 19.0 Å². The van der Waals surface area contributed by atoms with Gasteiger partial charge in [-0.15, -0.1) is 0 Å². The van der Waals surface area contributed by atoms with Crippen molar-refractivity contribution >= 4 is 17.2 Å². The molecule has 8 nitrogen and oxygen atoms in total. The molecule has 0 unspecified atom stereocenters. The maximum Gasteiger partial charge on any atom is 0.307 e. The highest BCUT2D eigenvalue weighted by Crippen LogP contribution is 2.40. The SMILES string of the molecule is COc1ccc(CN2CCN(C(=O)CCn3c(C)csc3=O)CC2)c(OC)c1OC. The van der Waals surface area contributed by atoms with Crippen LogP contribution in [0.2, 0.25) is 0 Å². The maximum absolute atomic E-state index is 12.6. The zero-order valence-electron chi connectivity index (χ0n) is 18.0. The number of amides is 1. The second-order valence-electron chi connectivity index (χ2n) is 7.20. The van der Waals surface area contributed by atoms with Gasteiger partial charge in [-0.05, 0) is 13.0 Å². The third-order valence-corrected chi connectivity index (χ3v) is 6.31. The van der Waals surface area contributed by atoms with E-state index >= 15 is 0 Å². The minimum Gasteiger partial charge on any atom is -0.493 e. The average Bonchev–Trinajstić information content (AvgIpc) is 3.09. The van der Waals surface area contributed by atoms with E-state index in [1.165, 1.54) is 11.3 Å². The van der Waals surface area contributed by atoms with E-state index in [1.807, 2.05) is 29.3 Å². The van der Waals surface area contributed by atoms with Crippen LogP contribution in [0.1, 0.15) is 17.7 Å². The summed E-state index contributed by atoms with van der Waals surface area (Å²) in [6.45, 7) is 5.94. The molecule has 1 fully saturated rings. The first-order valence-corrected chi connectivity index (χ1v) is 10.8. The summed E-state index contributed by atoms with van der Waals surface area (Å²) in [6, 6.07) is 3.86. The number of aromatic nitrogens is 1. The van der Waals surface area contributed by atoms with Crippen LogP contribution in [0.15, 0.2) is 22.3 Å². The molecule has 0 radical (unpaired) electrons. The number of carbonyl (C=O) groups excluding carboxylic acids is 1. The molecule has 0 atom stereocenters. The lowest BCUT2D eigenvalue weighted by Crippen LogP contribution is -2.48. The minimum atomic E-state index is -0.00557. The summed E-state index contributed by atoms with van der Waals surface area (Å²) in [7, 11) is 4.82. The predicted octanol–water partition coefficient (Wildman–Crippen LogP) is 1.98. The van der Waals surface area contributed by atoms with Gasteiger partial charge in [-0.25, -0.2) is 0 Å². The van der Waals surface area contributed by atoms with Gasteiger partial charge in [-0.1, -0.05) is 17.4 Å². The van der Waals surface area contributed by atoms with Crippen LogP contribution in [-0.2, 0) is 17.9 Å². The van der Waals surface area contributed by atoms with Crippen molar-refractivity contribution in [3.63, 3.8) is 0 Å². The standard InChI is InChI=1S/C21H29N3O5S/c1-15-14-30-21(26)24(15)8-7-18(25)23-11-9-22(10-12-23)13-16-5-6-17(27-2)20(29-4)19(16)28-3/h5-6,14H,7-13H2,1-4H3. The van der Waals surface area contributed by atoms with Gasteiger partial charge in [0.25, 0.3) is 0 Å². The van der Waals surface area contributed by atoms with Crippen LogP contribution in [0.4, 0.5) is 0 Å². The van der Waals surface area contributed by atoms with E-state index in [0.29, 0.717) is 49.8 Å². The number of methoxy groups -OCH3 is 3. The van der Waals surface area contributed by atoms with E-state index < -0.39 is 0 Å². The number of hydrogen-bond acceptors (Lipinski definition) is 7. The summed E-state index contributed by atoms with van der Waals surface area (Å²) < 4.78 is 18.1. The molecule has 3 rings (SSSR count). The van der Waals surface area contributed by atoms with Crippen LogP contribution < -0.4 is 19.1 Å². The van der Waals surface area contributed by atoms with Crippen molar-refractivity contribution in [3.8, 4) is 17.2 Å². The van der Waals surface area contributed by atoms with Gasteiger partial charge < -0.3 is 23.7 Å². The van der Waals surface area contributed by atoms with Crippen LogP contribution in [0.3, 0.4) is 0 Å². The molecule has 0 bridgehead atoms. The number of hydrogen-bond donors (Lipinski definition) is 0. The highest BCUT2D eigenvalue weighted by molar-refractivity contribution is 7.07. The van der Waals surface area contributed by atoms with E-state index in [-0.39, 0.29) is 10.8 Å². The van der Waals surface area contributed by atoms with E-state index in [1.54, 1.807) is 25.9 Å². The number of aryl methyl sites for hydroxylation is 1. The Morgan fingerprint density at radius 2 is 1.73 bits per heavy atom. The van der Waals surface area contributed by atoms with Crippen LogP contribution in [0, 0.1) is 6.92 Å².